The number of hydrogen-bond donors (Lipinski definition) is 2. The number of carbonyl (C=O) groups is 1. The van der Waals surface area contributed by atoms with E-state index >= 15 is 0 Å². The predicted molar refractivity (Wildman–Crippen MR) is 69.2 cm³/mol. The summed E-state index contributed by atoms with van der Waals surface area (Å²) < 4.78 is 5.12. The van der Waals surface area contributed by atoms with E-state index in [1.54, 1.807) is 13.2 Å². The Morgan fingerprint density at radius 2 is 2.06 bits per heavy atom. The fourth-order valence-corrected chi connectivity index (χ4v) is 1.35. The fraction of sp³-hybridized carbons (Fsp3) is 0.462. The van der Waals surface area contributed by atoms with Crippen molar-refractivity contribution in [3.05, 3.63) is 23.8 Å². The summed E-state index contributed by atoms with van der Waals surface area (Å²) in [4.78, 5) is 11.9. The molecule has 17 heavy (non-hydrogen) atoms. The standard InChI is InChI=1S/C13H20N2O2/c1-8-5-6-11(17-4)7-12(8)15-13(16)9(2)10(3)14/h5-7,9-10H,14H2,1-4H3,(H,15,16). The van der Waals surface area contributed by atoms with Gasteiger partial charge >= 0.3 is 0 Å². The van der Waals surface area contributed by atoms with Crippen molar-refractivity contribution in [3.8, 4) is 5.75 Å². The second-order valence-electron chi connectivity index (χ2n) is 4.32. The summed E-state index contributed by atoms with van der Waals surface area (Å²) >= 11 is 0. The molecule has 0 aliphatic heterocycles. The molecule has 0 aromatic heterocycles. The van der Waals surface area contributed by atoms with E-state index in [-0.39, 0.29) is 17.9 Å². The molecule has 0 spiro atoms. The minimum atomic E-state index is -0.222. The highest BCUT2D eigenvalue weighted by Gasteiger charge is 2.17. The maximum atomic E-state index is 11.9. The van der Waals surface area contributed by atoms with Crippen molar-refractivity contribution < 1.29 is 9.53 Å². The number of nitrogens with two attached hydrogens (primary N) is 1. The van der Waals surface area contributed by atoms with Gasteiger partial charge in [-0.3, -0.25) is 4.79 Å². The van der Waals surface area contributed by atoms with Gasteiger partial charge in [0.2, 0.25) is 5.91 Å². The van der Waals surface area contributed by atoms with Gasteiger partial charge < -0.3 is 15.8 Å². The zero-order valence-corrected chi connectivity index (χ0v) is 10.8. The van der Waals surface area contributed by atoms with Gasteiger partial charge in [-0.2, -0.15) is 0 Å². The monoisotopic (exact) mass is 236 g/mol. The second kappa shape index (κ2) is 5.68. The smallest absolute Gasteiger partial charge is 0.228 e. The molecular weight excluding hydrogens is 216 g/mol. The minimum Gasteiger partial charge on any atom is -0.497 e. The van der Waals surface area contributed by atoms with Gasteiger partial charge in [0.05, 0.1) is 13.0 Å². The largest absolute Gasteiger partial charge is 0.497 e. The normalized spacial score (nSPS) is 13.9. The maximum absolute atomic E-state index is 11.9. The molecule has 4 heteroatoms. The number of anilines is 1. The summed E-state index contributed by atoms with van der Waals surface area (Å²) in [6.45, 7) is 5.57. The van der Waals surface area contributed by atoms with E-state index < -0.39 is 0 Å². The first-order valence-corrected chi connectivity index (χ1v) is 5.66. The molecule has 2 unspecified atom stereocenters. The van der Waals surface area contributed by atoms with Crippen LogP contribution in [0.4, 0.5) is 5.69 Å². The van der Waals surface area contributed by atoms with E-state index in [1.807, 2.05) is 32.9 Å². The molecule has 0 saturated heterocycles. The Morgan fingerprint density at radius 1 is 1.41 bits per heavy atom. The third-order valence-electron chi connectivity index (χ3n) is 2.90. The van der Waals surface area contributed by atoms with Crippen LogP contribution in [0.5, 0.6) is 5.75 Å². The molecule has 0 aliphatic rings. The molecule has 1 aromatic rings. The fourth-order valence-electron chi connectivity index (χ4n) is 1.35. The number of carbonyl (C=O) groups excluding carboxylic acids is 1. The van der Waals surface area contributed by atoms with Crippen LogP contribution in [0.3, 0.4) is 0 Å². The van der Waals surface area contributed by atoms with Crippen LogP contribution in [0.2, 0.25) is 0 Å². The molecule has 4 nitrogen and oxygen atoms in total. The average Bonchev–Trinajstić information content (AvgIpc) is 2.30. The number of amides is 1. The Hall–Kier alpha value is -1.55. The zero-order valence-electron chi connectivity index (χ0n) is 10.8. The topological polar surface area (TPSA) is 64.3 Å². The van der Waals surface area contributed by atoms with Crippen molar-refractivity contribution in [3.63, 3.8) is 0 Å². The van der Waals surface area contributed by atoms with E-state index in [0.717, 1.165) is 17.0 Å². The Kier molecular flexibility index (Phi) is 4.52. The molecule has 0 saturated carbocycles. The van der Waals surface area contributed by atoms with Crippen LogP contribution in [0.1, 0.15) is 19.4 Å². The average molecular weight is 236 g/mol. The lowest BCUT2D eigenvalue weighted by molar-refractivity contribution is -0.119. The first kappa shape index (κ1) is 13.5. The Morgan fingerprint density at radius 3 is 2.59 bits per heavy atom. The van der Waals surface area contributed by atoms with E-state index in [0.29, 0.717) is 0 Å². The van der Waals surface area contributed by atoms with Gasteiger partial charge in [-0.1, -0.05) is 13.0 Å². The van der Waals surface area contributed by atoms with Gasteiger partial charge in [0.15, 0.2) is 0 Å². The van der Waals surface area contributed by atoms with E-state index in [9.17, 15) is 4.79 Å². The predicted octanol–water partition coefficient (Wildman–Crippen LogP) is 1.93. The summed E-state index contributed by atoms with van der Waals surface area (Å²) in [6.07, 6.45) is 0. The molecule has 1 amide bonds. The number of nitrogens with one attached hydrogen (secondary N) is 1. The van der Waals surface area contributed by atoms with Gasteiger partial charge in [-0.15, -0.1) is 0 Å². The number of hydrogen-bond acceptors (Lipinski definition) is 3. The molecule has 0 heterocycles. The van der Waals surface area contributed by atoms with Gasteiger partial charge in [0.25, 0.3) is 0 Å². The lowest BCUT2D eigenvalue weighted by atomic mass is 10.0. The van der Waals surface area contributed by atoms with Gasteiger partial charge in [0.1, 0.15) is 5.75 Å². The number of methoxy groups -OCH3 is 1. The Bertz CT molecular complexity index is 402. The van der Waals surface area contributed by atoms with E-state index in [4.69, 9.17) is 10.5 Å². The summed E-state index contributed by atoms with van der Waals surface area (Å²) in [5, 5.41) is 2.87. The molecule has 1 rings (SSSR count). The molecule has 0 bridgehead atoms. The van der Waals surface area contributed by atoms with Crippen LogP contribution < -0.4 is 15.8 Å². The Labute approximate surface area is 102 Å². The lowest BCUT2D eigenvalue weighted by Gasteiger charge is -2.16. The first-order chi connectivity index (χ1) is 7.95. The minimum absolute atomic E-state index is 0.0728. The van der Waals surface area contributed by atoms with Crippen molar-refractivity contribution in [2.75, 3.05) is 12.4 Å². The van der Waals surface area contributed by atoms with E-state index in [2.05, 4.69) is 5.32 Å². The maximum Gasteiger partial charge on any atom is 0.228 e. The molecule has 2 atom stereocenters. The second-order valence-corrected chi connectivity index (χ2v) is 4.32. The van der Waals surface area contributed by atoms with Crippen LogP contribution in [0.25, 0.3) is 0 Å². The quantitative estimate of drug-likeness (QED) is 0.839. The van der Waals surface area contributed by atoms with Crippen molar-refractivity contribution >= 4 is 11.6 Å². The van der Waals surface area contributed by atoms with Crippen molar-refractivity contribution in [1.82, 2.24) is 0 Å². The molecular formula is C13H20N2O2. The first-order valence-electron chi connectivity index (χ1n) is 5.66. The zero-order chi connectivity index (χ0) is 13.0. The van der Waals surface area contributed by atoms with Crippen molar-refractivity contribution in [2.45, 2.75) is 26.8 Å². The van der Waals surface area contributed by atoms with Crippen LogP contribution in [-0.4, -0.2) is 19.1 Å². The summed E-state index contributed by atoms with van der Waals surface area (Å²) in [5.74, 6) is 0.427. The molecule has 94 valence electrons. The van der Waals surface area contributed by atoms with Crippen LogP contribution >= 0.6 is 0 Å². The Balaban J connectivity index is 2.84. The van der Waals surface area contributed by atoms with Crippen molar-refractivity contribution in [2.24, 2.45) is 11.7 Å². The van der Waals surface area contributed by atoms with Gasteiger partial charge in [-0.25, -0.2) is 0 Å². The van der Waals surface area contributed by atoms with Gasteiger partial charge in [-0.05, 0) is 25.5 Å². The van der Waals surface area contributed by atoms with Crippen LogP contribution in [0, 0.1) is 12.8 Å². The highest BCUT2D eigenvalue weighted by molar-refractivity contribution is 5.93. The molecule has 0 aliphatic carbocycles. The molecule has 3 N–H and O–H groups in total. The molecule has 0 radical (unpaired) electrons. The van der Waals surface area contributed by atoms with Crippen molar-refractivity contribution in [1.29, 1.82) is 0 Å². The lowest BCUT2D eigenvalue weighted by Crippen LogP contribution is -2.34. The number of ether oxygens (including phenoxy) is 1. The summed E-state index contributed by atoms with van der Waals surface area (Å²) in [7, 11) is 1.60. The summed E-state index contributed by atoms with van der Waals surface area (Å²) in [6, 6.07) is 5.41. The summed E-state index contributed by atoms with van der Waals surface area (Å²) in [5.41, 5.74) is 7.46. The highest BCUT2D eigenvalue weighted by Crippen LogP contribution is 2.22. The van der Waals surface area contributed by atoms with E-state index in [1.165, 1.54) is 0 Å². The number of aryl methyl sites for hydroxylation is 1. The van der Waals surface area contributed by atoms with Gasteiger partial charge in [0, 0.05) is 17.8 Å². The molecule has 1 aromatic carbocycles. The SMILES string of the molecule is COc1ccc(C)c(NC(=O)C(C)C(C)N)c1. The third kappa shape index (κ3) is 3.46. The highest BCUT2D eigenvalue weighted by atomic mass is 16.5. The number of benzene rings is 1. The molecule has 0 fully saturated rings. The van der Waals surface area contributed by atoms with Crippen LogP contribution in [-0.2, 0) is 4.79 Å². The number of rotatable bonds is 4. The third-order valence-corrected chi connectivity index (χ3v) is 2.90. The van der Waals surface area contributed by atoms with Crippen LogP contribution in [0.15, 0.2) is 18.2 Å².